The molecule has 0 saturated carbocycles. The summed E-state index contributed by atoms with van der Waals surface area (Å²) in [6.07, 6.45) is 12.1. The largest absolute Gasteiger partial charge is 0.458 e. The van der Waals surface area contributed by atoms with Gasteiger partial charge in [-0.15, -0.1) is 0 Å². The fourth-order valence-corrected chi connectivity index (χ4v) is 1.94. The maximum absolute atomic E-state index is 11.3. The lowest BCUT2D eigenvalue weighted by atomic mass is 10.1. The van der Waals surface area contributed by atoms with Crippen molar-refractivity contribution in [3.05, 3.63) is 72.3 Å². The van der Waals surface area contributed by atoms with Crippen molar-refractivity contribution in [1.29, 1.82) is 0 Å². The van der Waals surface area contributed by atoms with Crippen LogP contribution >= 0.6 is 0 Å². The predicted octanol–water partition coefficient (Wildman–Crippen LogP) is 2.00. The van der Waals surface area contributed by atoms with E-state index in [4.69, 9.17) is 10.5 Å². The van der Waals surface area contributed by atoms with Gasteiger partial charge < -0.3 is 15.0 Å². The van der Waals surface area contributed by atoms with E-state index in [1.54, 1.807) is 18.6 Å². The molecule has 0 aliphatic heterocycles. The SMILES string of the molecule is NCC=CC(=O)OCC=Cc1ccccc1Cn1ccnc1. The first-order valence-electron chi connectivity index (χ1n) is 7.03. The number of nitrogens with two attached hydrogens (primary N) is 1. The monoisotopic (exact) mass is 297 g/mol. The Morgan fingerprint density at radius 3 is 2.95 bits per heavy atom. The van der Waals surface area contributed by atoms with Crippen molar-refractivity contribution in [1.82, 2.24) is 9.55 Å². The minimum Gasteiger partial charge on any atom is -0.458 e. The predicted molar refractivity (Wildman–Crippen MR) is 86.0 cm³/mol. The van der Waals surface area contributed by atoms with Gasteiger partial charge in [-0.3, -0.25) is 0 Å². The van der Waals surface area contributed by atoms with Gasteiger partial charge >= 0.3 is 5.97 Å². The molecule has 22 heavy (non-hydrogen) atoms. The Morgan fingerprint density at radius 1 is 1.32 bits per heavy atom. The van der Waals surface area contributed by atoms with Gasteiger partial charge in [0.15, 0.2) is 0 Å². The lowest BCUT2D eigenvalue weighted by molar-refractivity contribution is -0.136. The number of ether oxygens (including phenoxy) is 1. The average Bonchev–Trinajstić information content (AvgIpc) is 3.04. The number of imidazole rings is 1. The van der Waals surface area contributed by atoms with E-state index >= 15 is 0 Å². The van der Waals surface area contributed by atoms with Gasteiger partial charge in [0.1, 0.15) is 6.61 Å². The normalized spacial score (nSPS) is 11.3. The lowest BCUT2D eigenvalue weighted by Crippen LogP contribution is -2.02. The summed E-state index contributed by atoms with van der Waals surface area (Å²) in [6, 6.07) is 8.07. The molecule has 0 saturated heterocycles. The number of aromatic nitrogens is 2. The summed E-state index contributed by atoms with van der Waals surface area (Å²) in [5.74, 6) is -0.387. The third kappa shape index (κ3) is 5.03. The summed E-state index contributed by atoms with van der Waals surface area (Å²) in [7, 11) is 0. The Balaban J connectivity index is 1.93. The second-order valence-electron chi connectivity index (χ2n) is 4.60. The quantitative estimate of drug-likeness (QED) is 0.627. The van der Waals surface area contributed by atoms with Gasteiger partial charge in [0.25, 0.3) is 0 Å². The van der Waals surface area contributed by atoms with Gasteiger partial charge in [0, 0.05) is 31.6 Å². The van der Waals surface area contributed by atoms with Gasteiger partial charge in [-0.05, 0) is 17.2 Å². The minimum atomic E-state index is -0.387. The van der Waals surface area contributed by atoms with Crippen LogP contribution in [-0.4, -0.2) is 28.7 Å². The topological polar surface area (TPSA) is 70.1 Å². The lowest BCUT2D eigenvalue weighted by Gasteiger charge is -2.06. The van der Waals surface area contributed by atoms with Crippen LogP contribution in [0.5, 0.6) is 0 Å². The van der Waals surface area contributed by atoms with E-state index in [1.165, 1.54) is 11.6 Å². The number of carbonyl (C=O) groups is 1. The summed E-state index contributed by atoms with van der Waals surface area (Å²) in [5.41, 5.74) is 7.52. The molecule has 0 fully saturated rings. The van der Waals surface area contributed by atoms with E-state index < -0.39 is 0 Å². The Bertz CT molecular complexity index is 646. The van der Waals surface area contributed by atoms with E-state index in [9.17, 15) is 4.79 Å². The molecule has 0 amide bonds. The van der Waals surface area contributed by atoms with Crippen molar-refractivity contribution in [2.24, 2.45) is 5.73 Å². The second kappa shape index (κ2) is 8.59. The Labute approximate surface area is 129 Å². The molecule has 2 aromatic rings. The second-order valence-corrected chi connectivity index (χ2v) is 4.60. The zero-order chi connectivity index (χ0) is 15.6. The Morgan fingerprint density at radius 2 is 2.18 bits per heavy atom. The van der Waals surface area contributed by atoms with Crippen LogP contribution in [0.25, 0.3) is 6.08 Å². The van der Waals surface area contributed by atoms with Crippen LogP contribution in [0.3, 0.4) is 0 Å². The number of benzene rings is 1. The average molecular weight is 297 g/mol. The van der Waals surface area contributed by atoms with Gasteiger partial charge in [0.2, 0.25) is 0 Å². The van der Waals surface area contributed by atoms with Crippen LogP contribution in [0.4, 0.5) is 0 Å². The highest BCUT2D eigenvalue weighted by Gasteiger charge is 2.00. The molecular formula is C17H19N3O2. The van der Waals surface area contributed by atoms with Crippen molar-refractivity contribution in [2.75, 3.05) is 13.2 Å². The molecule has 0 spiro atoms. The Hall–Kier alpha value is -2.66. The Kier molecular flexibility index (Phi) is 6.14. The molecule has 1 aromatic carbocycles. The molecule has 114 valence electrons. The number of hydrogen-bond acceptors (Lipinski definition) is 4. The van der Waals surface area contributed by atoms with Gasteiger partial charge in [0.05, 0.1) is 6.33 Å². The van der Waals surface area contributed by atoms with E-state index in [2.05, 4.69) is 11.1 Å². The number of carbonyl (C=O) groups excluding carboxylic acids is 1. The number of esters is 1. The van der Waals surface area contributed by atoms with Crippen LogP contribution in [0.1, 0.15) is 11.1 Å². The molecule has 0 aliphatic carbocycles. The first-order chi connectivity index (χ1) is 10.8. The maximum atomic E-state index is 11.3. The molecule has 1 aromatic heterocycles. The molecule has 0 radical (unpaired) electrons. The highest BCUT2D eigenvalue weighted by atomic mass is 16.5. The summed E-state index contributed by atoms with van der Waals surface area (Å²) in [4.78, 5) is 15.3. The van der Waals surface area contributed by atoms with E-state index in [0.29, 0.717) is 6.54 Å². The van der Waals surface area contributed by atoms with Crippen LogP contribution < -0.4 is 5.73 Å². The zero-order valence-electron chi connectivity index (χ0n) is 12.3. The van der Waals surface area contributed by atoms with Crippen LogP contribution in [-0.2, 0) is 16.1 Å². The molecule has 5 heteroatoms. The zero-order valence-corrected chi connectivity index (χ0v) is 12.3. The molecule has 2 N–H and O–H groups in total. The molecule has 0 bridgehead atoms. The first kappa shape index (κ1) is 15.7. The van der Waals surface area contributed by atoms with E-state index in [-0.39, 0.29) is 12.6 Å². The van der Waals surface area contributed by atoms with E-state index in [1.807, 2.05) is 41.1 Å². The number of nitrogens with zero attached hydrogens (tertiary/aromatic N) is 2. The first-order valence-corrected chi connectivity index (χ1v) is 7.03. The molecule has 0 atom stereocenters. The van der Waals surface area contributed by atoms with Crippen LogP contribution in [0, 0.1) is 0 Å². The maximum Gasteiger partial charge on any atom is 0.330 e. The molecule has 2 rings (SSSR count). The highest BCUT2D eigenvalue weighted by molar-refractivity contribution is 5.82. The van der Waals surface area contributed by atoms with Gasteiger partial charge in [-0.2, -0.15) is 0 Å². The molecule has 0 aliphatic rings. The van der Waals surface area contributed by atoms with E-state index in [0.717, 1.165) is 12.1 Å². The fourth-order valence-electron chi connectivity index (χ4n) is 1.94. The summed E-state index contributed by atoms with van der Waals surface area (Å²) >= 11 is 0. The summed E-state index contributed by atoms with van der Waals surface area (Å²) in [6.45, 7) is 1.30. The third-order valence-corrected chi connectivity index (χ3v) is 2.98. The van der Waals surface area contributed by atoms with Crippen molar-refractivity contribution in [2.45, 2.75) is 6.54 Å². The number of rotatable bonds is 7. The number of hydrogen-bond donors (Lipinski definition) is 1. The van der Waals surface area contributed by atoms with Crippen LogP contribution in [0.2, 0.25) is 0 Å². The minimum absolute atomic E-state index is 0.229. The smallest absolute Gasteiger partial charge is 0.330 e. The van der Waals surface area contributed by atoms with Crippen molar-refractivity contribution < 1.29 is 9.53 Å². The molecule has 1 heterocycles. The third-order valence-electron chi connectivity index (χ3n) is 2.98. The van der Waals surface area contributed by atoms with Crippen molar-refractivity contribution >= 4 is 12.0 Å². The van der Waals surface area contributed by atoms with Gasteiger partial charge in [-0.1, -0.05) is 36.4 Å². The molecule has 5 nitrogen and oxygen atoms in total. The van der Waals surface area contributed by atoms with Crippen molar-refractivity contribution in [3.8, 4) is 0 Å². The molecular weight excluding hydrogens is 278 g/mol. The summed E-state index contributed by atoms with van der Waals surface area (Å²) in [5, 5.41) is 0. The van der Waals surface area contributed by atoms with Crippen molar-refractivity contribution in [3.63, 3.8) is 0 Å². The van der Waals surface area contributed by atoms with Crippen LogP contribution in [0.15, 0.2) is 61.2 Å². The standard InChI is InChI=1S/C17H19N3O2/c18-9-3-8-17(21)22-12-4-7-15-5-1-2-6-16(15)13-20-11-10-19-14-20/h1-8,10-11,14H,9,12-13,18H2. The van der Waals surface area contributed by atoms with Gasteiger partial charge in [-0.25, -0.2) is 9.78 Å². The highest BCUT2D eigenvalue weighted by Crippen LogP contribution is 2.12. The summed E-state index contributed by atoms with van der Waals surface area (Å²) < 4.78 is 7.03. The fraction of sp³-hybridized carbons (Fsp3) is 0.176. The molecule has 0 unspecified atom stereocenters.